The largest absolute Gasteiger partial charge is 0.460 e. The van der Waals surface area contributed by atoms with Crippen molar-refractivity contribution >= 4 is 44.7 Å². The average Bonchev–Trinajstić information content (AvgIpc) is 3.19. The monoisotopic (exact) mass is 543 g/mol. The zero-order valence-corrected chi connectivity index (χ0v) is 21.1. The third-order valence-electron chi connectivity index (χ3n) is 7.07. The molecule has 0 amide bonds. The van der Waals surface area contributed by atoms with Crippen LogP contribution in [0.1, 0.15) is 42.0 Å². The summed E-state index contributed by atoms with van der Waals surface area (Å²) >= 11 is 3.45. The van der Waals surface area contributed by atoms with Crippen LogP contribution in [0.4, 0.5) is 5.69 Å². The van der Waals surface area contributed by atoms with Gasteiger partial charge in [0.15, 0.2) is 0 Å². The summed E-state index contributed by atoms with van der Waals surface area (Å²) in [6.07, 6.45) is 1.92. The van der Waals surface area contributed by atoms with Gasteiger partial charge in [-0.05, 0) is 48.4 Å². The Balaban J connectivity index is 1.58. The number of benzene rings is 2. The van der Waals surface area contributed by atoms with Gasteiger partial charge in [-0.2, -0.15) is 0 Å². The van der Waals surface area contributed by atoms with Crippen LogP contribution in [0.25, 0.3) is 22.3 Å². The van der Waals surface area contributed by atoms with Gasteiger partial charge in [0.25, 0.3) is 5.56 Å². The van der Waals surface area contributed by atoms with Crippen molar-refractivity contribution in [3.05, 3.63) is 91.7 Å². The first-order valence-corrected chi connectivity index (χ1v) is 12.5. The minimum Gasteiger partial charge on any atom is -0.460 e. The number of carbonyl (C=O) groups excluding carboxylic acids is 1. The van der Waals surface area contributed by atoms with E-state index in [1.54, 1.807) is 11.5 Å². The fraction of sp³-hybridized carbons (Fsp3) is 0.214. The van der Waals surface area contributed by atoms with E-state index >= 15 is 0 Å². The number of aromatic nitrogens is 2. The summed E-state index contributed by atoms with van der Waals surface area (Å²) < 4.78 is 7.90. The number of hydrogen-bond donors (Lipinski definition) is 1. The summed E-state index contributed by atoms with van der Waals surface area (Å²) in [6, 6.07) is 17.4. The lowest BCUT2D eigenvalue weighted by Crippen LogP contribution is -2.32. The molecule has 1 atom stereocenters. The molecule has 2 aromatic heterocycles. The molecule has 4 heterocycles. The first-order chi connectivity index (χ1) is 17.4. The molecule has 8 heteroatoms. The highest BCUT2D eigenvalue weighted by Crippen LogP contribution is 2.40. The molecular weight excluding hydrogens is 522 g/mol. The first-order valence-electron chi connectivity index (χ1n) is 11.7. The van der Waals surface area contributed by atoms with Gasteiger partial charge < -0.3 is 14.4 Å². The second-order valence-corrected chi connectivity index (χ2v) is 10.1. The molecule has 4 aromatic rings. The lowest BCUT2D eigenvalue weighted by molar-refractivity contribution is -0.149. The van der Waals surface area contributed by atoms with E-state index in [1.807, 2.05) is 60.8 Å². The fourth-order valence-corrected chi connectivity index (χ4v) is 5.34. The number of esters is 1. The van der Waals surface area contributed by atoms with E-state index < -0.39 is 11.6 Å². The highest BCUT2D eigenvalue weighted by Gasteiger charge is 2.39. The van der Waals surface area contributed by atoms with Crippen LogP contribution in [-0.4, -0.2) is 26.8 Å². The predicted molar refractivity (Wildman–Crippen MR) is 141 cm³/mol. The van der Waals surface area contributed by atoms with E-state index in [0.29, 0.717) is 29.1 Å². The van der Waals surface area contributed by atoms with Crippen molar-refractivity contribution < 1.29 is 14.6 Å². The second kappa shape index (κ2) is 8.50. The van der Waals surface area contributed by atoms with Gasteiger partial charge in [-0.3, -0.25) is 14.6 Å². The van der Waals surface area contributed by atoms with Gasteiger partial charge in [0.1, 0.15) is 12.2 Å². The van der Waals surface area contributed by atoms with E-state index in [0.717, 1.165) is 32.2 Å². The predicted octanol–water partition coefficient (Wildman–Crippen LogP) is 4.98. The highest BCUT2D eigenvalue weighted by atomic mass is 79.9. The zero-order valence-electron chi connectivity index (χ0n) is 19.5. The number of carbonyl (C=O) groups is 1. The van der Waals surface area contributed by atoms with Gasteiger partial charge in [-0.25, -0.2) is 4.98 Å². The average molecular weight is 544 g/mol. The summed E-state index contributed by atoms with van der Waals surface area (Å²) in [7, 11) is 0. The molecule has 0 fully saturated rings. The SMILES string of the molecule is CCC1(O)CC(=O)OCc2c1cc1n(c2=O)Cc2c-1nc1ccccc1c2C=Nc1ccc(Br)cc1. The molecular formula is C28H22BrN3O4. The maximum atomic E-state index is 13.6. The maximum absolute atomic E-state index is 13.6. The van der Waals surface area contributed by atoms with Crippen LogP contribution < -0.4 is 5.56 Å². The first kappa shape index (κ1) is 22.8. The normalized spacial score (nSPS) is 18.6. The van der Waals surface area contributed by atoms with E-state index in [-0.39, 0.29) is 25.0 Å². The van der Waals surface area contributed by atoms with Gasteiger partial charge in [0.2, 0.25) is 0 Å². The van der Waals surface area contributed by atoms with Gasteiger partial charge >= 0.3 is 5.97 Å². The van der Waals surface area contributed by atoms with Crippen molar-refractivity contribution in [1.29, 1.82) is 0 Å². The lowest BCUT2D eigenvalue weighted by Gasteiger charge is -2.26. The smallest absolute Gasteiger partial charge is 0.309 e. The summed E-state index contributed by atoms with van der Waals surface area (Å²) in [5.74, 6) is -0.518. The molecule has 7 nitrogen and oxygen atoms in total. The summed E-state index contributed by atoms with van der Waals surface area (Å²) in [5.41, 5.74) is 3.70. The van der Waals surface area contributed by atoms with Crippen molar-refractivity contribution in [3.63, 3.8) is 0 Å². The van der Waals surface area contributed by atoms with Crippen LogP contribution in [0.2, 0.25) is 0 Å². The summed E-state index contributed by atoms with van der Waals surface area (Å²) in [5, 5.41) is 12.3. The number of pyridine rings is 2. The van der Waals surface area contributed by atoms with Crippen molar-refractivity contribution in [2.75, 3.05) is 0 Å². The standard InChI is InChI=1S/C28H22BrN3O4/c1-2-28(35)12-25(33)36-15-21-22(28)11-24-26-20(14-32(24)27(21)34)19(18-5-3-4-6-23(18)31-26)13-30-17-9-7-16(29)8-10-17/h3-11,13,35H,2,12,14-15H2,1H3. The maximum Gasteiger partial charge on any atom is 0.309 e. The van der Waals surface area contributed by atoms with Crippen molar-refractivity contribution in [1.82, 2.24) is 9.55 Å². The molecule has 0 spiro atoms. The van der Waals surface area contributed by atoms with Crippen molar-refractivity contribution in [2.45, 2.75) is 38.5 Å². The number of aliphatic imine (C=N–C) groups is 1. The Labute approximate surface area is 215 Å². The number of hydrogen-bond acceptors (Lipinski definition) is 6. The Kier molecular flexibility index (Phi) is 5.39. The van der Waals surface area contributed by atoms with Gasteiger partial charge in [-0.15, -0.1) is 0 Å². The summed E-state index contributed by atoms with van der Waals surface area (Å²) in [4.78, 5) is 35.4. The Morgan fingerprint density at radius 3 is 2.72 bits per heavy atom. The number of ether oxygens (including phenoxy) is 1. The number of cyclic esters (lactones) is 1. The minimum atomic E-state index is -1.47. The molecule has 2 aliphatic rings. The molecule has 0 bridgehead atoms. The number of fused-ring (bicyclic) bond motifs is 5. The molecule has 0 aliphatic carbocycles. The van der Waals surface area contributed by atoms with Crippen LogP contribution in [0.3, 0.4) is 0 Å². The van der Waals surface area contributed by atoms with E-state index in [4.69, 9.17) is 14.7 Å². The van der Waals surface area contributed by atoms with Crippen LogP contribution in [0, 0.1) is 0 Å². The zero-order chi connectivity index (χ0) is 25.0. The minimum absolute atomic E-state index is 0.154. The van der Waals surface area contributed by atoms with Gasteiger partial charge in [0.05, 0.1) is 41.1 Å². The molecule has 180 valence electrons. The van der Waals surface area contributed by atoms with Gasteiger partial charge in [-0.1, -0.05) is 41.1 Å². The van der Waals surface area contributed by atoms with E-state index in [2.05, 4.69) is 15.9 Å². The second-order valence-electron chi connectivity index (χ2n) is 9.14. The Morgan fingerprint density at radius 2 is 1.94 bits per heavy atom. The van der Waals surface area contributed by atoms with Crippen LogP contribution >= 0.6 is 15.9 Å². The third-order valence-corrected chi connectivity index (χ3v) is 7.60. The topological polar surface area (TPSA) is 93.8 Å². The van der Waals surface area contributed by atoms with Gasteiger partial charge in [0, 0.05) is 27.2 Å². The molecule has 2 aliphatic heterocycles. The van der Waals surface area contributed by atoms with E-state index in [1.165, 1.54) is 0 Å². The number of halogens is 1. The van der Waals surface area contributed by atoms with E-state index in [9.17, 15) is 14.7 Å². The molecule has 2 aromatic carbocycles. The third kappa shape index (κ3) is 3.60. The fourth-order valence-electron chi connectivity index (χ4n) is 5.07. The summed E-state index contributed by atoms with van der Waals surface area (Å²) in [6.45, 7) is 1.96. The van der Waals surface area contributed by atoms with Crippen LogP contribution in [0.15, 0.2) is 68.9 Å². The molecule has 0 saturated heterocycles. The number of nitrogens with zero attached hydrogens (tertiary/aromatic N) is 3. The number of para-hydroxylation sites is 1. The number of rotatable bonds is 3. The number of aliphatic hydroxyl groups is 1. The lowest BCUT2D eigenvalue weighted by atomic mass is 9.85. The Hall–Kier alpha value is -3.62. The molecule has 6 rings (SSSR count). The molecule has 0 saturated carbocycles. The van der Waals surface area contributed by atoms with Crippen molar-refractivity contribution in [2.24, 2.45) is 4.99 Å². The van der Waals surface area contributed by atoms with Crippen LogP contribution in [0.5, 0.6) is 0 Å². The quantitative estimate of drug-likeness (QED) is 0.256. The Bertz CT molecular complexity index is 1640. The van der Waals surface area contributed by atoms with Crippen LogP contribution in [-0.2, 0) is 28.3 Å². The van der Waals surface area contributed by atoms with Crippen molar-refractivity contribution in [3.8, 4) is 11.4 Å². The molecule has 36 heavy (non-hydrogen) atoms. The highest BCUT2D eigenvalue weighted by molar-refractivity contribution is 9.10. The molecule has 1 N–H and O–H groups in total. The molecule has 0 radical (unpaired) electrons. The molecule has 1 unspecified atom stereocenters. The Morgan fingerprint density at radius 1 is 1.17 bits per heavy atom.